The summed E-state index contributed by atoms with van der Waals surface area (Å²) >= 11 is 0. The summed E-state index contributed by atoms with van der Waals surface area (Å²) in [6.45, 7) is 3.08. The molecule has 1 aliphatic heterocycles. The van der Waals surface area contributed by atoms with Crippen LogP contribution in [0.5, 0.6) is 0 Å². The van der Waals surface area contributed by atoms with Crippen molar-refractivity contribution < 1.29 is 4.79 Å². The Morgan fingerprint density at radius 1 is 1.80 bits per heavy atom. The summed E-state index contributed by atoms with van der Waals surface area (Å²) in [5.41, 5.74) is 5.65. The fourth-order valence-electron chi connectivity index (χ4n) is 1.15. The predicted octanol–water partition coefficient (Wildman–Crippen LogP) is -0.977. The normalized spacial score (nSPS) is 28.1. The monoisotopic (exact) mass is 143 g/mol. The molecule has 1 heterocycles. The minimum atomic E-state index is -0.211. The van der Waals surface area contributed by atoms with Crippen LogP contribution in [0.1, 0.15) is 6.92 Å². The maximum absolute atomic E-state index is 11.0. The van der Waals surface area contributed by atoms with Crippen LogP contribution in [0, 0.1) is 0 Å². The van der Waals surface area contributed by atoms with E-state index in [1.165, 1.54) is 0 Å². The van der Waals surface area contributed by atoms with Gasteiger partial charge in [0.25, 0.3) is 0 Å². The van der Waals surface area contributed by atoms with Gasteiger partial charge >= 0.3 is 0 Å². The smallest absolute Gasteiger partial charge is 0.239 e. The van der Waals surface area contributed by atoms with Gasteiger partial charge in [-0.2, -0.15) is 0 Å². The van der Waals surface area contributed by atoms with Crippen molar-refractivity contribution in [2.24, 2.45) is 5.73 Å². The fraction of sp³-hybridized carbons (Fsp3) is 0.833. The first-order chi connectivity index (χ1) is 4.66. The molecule has 1 rings (SSSR count). The molecule has 1 amide bonds. The molecule has 0 aromatic carbocycles. The van der Waals surface area contributed by atoms with Crippen molar-refractivity contribution >= 4 is 5.91 Å². The van der Waals surface area contributed by atoms with Crippen LogP contribution in [0.4, 0.5) is 0 Å². The van der Waals surface area contributed by atoms with Crippen LogP contribution < -0.4 is 5.73 Å². The highest BCUT2D eigenvalue weighted by atomic mass is 16.2. The lowest BCUT2D eigenvalue weighted by Gasteiger charge is -2.21. The molecular formula is C6H13N3O. The molecule has 0 aromatic heterocycles. The second-order valence-electron chi connectivity index (χ2n) is 2.51. The van der Waals surface area contributed by atoms with Gasteiger partial charge in [-0.1, -0.05) is 0 Å². The highest BCUT2D eigenvalue weighted by molar-refractivity contribution is 5.80. The molecule has 10 heavy (non-hydrogen) atoms. The quantitative estimate of drug-likeness (QED) is 0.513. The van der Waals surface area contributed by atoms with E-state index in [1.807, 2.05) is 18.9 Å². The Morgan fingerprint density at radius 2 is 2.40 bits per heavy atom. The summed E-state index contributed by atoms with van der Waals surface area (Å²) in [7, 11) is 1.85. The van der Waals surface area contributed by atoms with Crippen molar-refractivity contribution in [3.8, 4) is 0 Å². The minimum absolute atomic E-state index is 0.123. The number of carbonyl (C=O) groups excluding carboxylic acids is 1. The number of carbonyl (C=O) groups is 1. The largest absolute Gasteiger partial charge is 0.313 e. The lowest BCUT2D eigenvalue weighted by molar-refractivity contribution is -0.127. The van der Waals surface area contributed by atoms with E-state index in [0.717, 1.165) is 0 Å². The zero-order valence-corrected chi connectivity index (χ0v) is 6.37. The lowest BCUT2D eigenvalue weighted by Crippen LogP contribution is -2.44. The highest BCUT2D eigenvalue weighted by Gasteiger charge is 2.30. The number of likely N-dealkylation sites (N-methyl/N-ethyl adjacent to an activating group) is 2. The van der Waals surface area contributed by atoms with E-state index in [9.17, 15) is 4.79 Å². The second kappa shape index (κ2) is 2.56. The van der Waals surface area contributed by atoms with Crippen molar-refractivity contribution in [2.45, 2.75) is 13.2 Å². The number of nitrogens with zero attached hydrogens (tertiary/aromatic N) is 2. The molecule has 1 unspecified atom stereocenters. The Morgan fingerprint density at radius 3 is 2.60 bits per heavy atom. The Hall–Kier alpha value is -0.610. The first kappa shape index (κ1) is 7.50. The third-order valence-electron chi connectivity index (χ3n) is 1.82. The molecule has 0 aromatic rings. The Balaban J connectivity index is 2.64. The summed E-state index contributed by atoms with van der Waals surface area (Å²) in [6, 6.07) is 0. The van der Waals surface area contributed by atoms with Crippen LogP contribution >= 0.6 is 0 Å². The second-order valence-corrected chi connectivity index (χ2v) is 2.51. The molecule has 0 saturated carbocycles. The zero-order chi connectivity index (χ0) is 7.72. The van der Waals surface area contributed by atoms with Crippen LogP contribution in [0.2, 0.25) is 0 Å². The first-order valence-electron chi connectivity index (χ1n) is 3.42. The van der Waals surface area contributed by atoms with Gasteiger partial charge in [-0.05, 0) is 14.0 Å². The first-order valence-corrected chi connectivity index (χ1v) is 3.42. The Kier molecular flexibility index (Phi) is 1.92. The van der Waals surface area contributed by atoms with E-state index < -0.39 is 0 Å². The third kappa shape index (κ3) is 0.998. The molecule has 1 aliphatic rings. The van der Waals surface area contributed by atoms with Gasteiger partial charge in [0.1, 0.15) is 6.29 Å². The summed E-state index contributed by atoms with van der Waals surface area (Å²) in [6.07, 6.45) is -0.211. The molecule has 2 N–H and O–H groups in total. The molecule has 0 radical (unpaired) electrons. The number of amides is 1. The van der Waals surface area contributed by atoms with Gasteiger partial charge < -0.3 is 4.90 Å². The molecule has 4 heteroatoms. The topological polar surface area (TPSA) is 49.6 Å². The minimum Gasteiger partial charge on any atom is -0.313 e. The Bertz CT molecular complexity index is 148. The van der Waals surface area contributed by atoms with Gasteiger partial charge in [0, 0.05) is 6.54 Å². The van der Waals surface area contributed by atoms with Gasteiger partial charge in [-0.3, -0.25) is 15.4 Å². The van der Waals surface area contributed by atoms with Crippen molar-refractivity contribution in [1.82, 2.24) is 9.80 Å². The summed E-state index contributed by atoms with van der Waals surface area (Å²) in [5.74, 6) is 0.123. The van der Waals surface area contributed by atoms with Gasteiger partial charge in [-0.15, -0.1) is 0 Å². The molecule has 58 valence electrons. The molecule has 0 spiro atoms. The number of rotatable bonds is 1. The SMILES string of the molecule is CCN1C(=O)CN(C)C1N. The maximum atomic E-state index is 11.0. The predicted molar refractivity (Wildman–Crippen MR) is 38.0 cm³/mol. The van der Waals surface area contributed by atoms with E-state index in [2.05, 4.69) is 0 Å². The van der Waals surface area contributed by atoms with Gasteiger partial charge in [-0.25, -0.2) is 0 Å². The molecule has 4 nitrogen and oxygen atoms in total. The summed E-state index contributed by atoms with van der Waals surface area (Å²) < 4.78 is 0. The average Bonchev–Trinajstić information content (AvgIpc) is 2.09. The zero-order valence-electron chi connectivity index (χ0n) is 6.37. The fourth-order valence-corrected chi connectivity index (χ4v) is 1.15. The van der Waals surface area contributed by atoms with Gasteiger partial charge in [0.2, 0.25) is 5.91 Å². The number of hydrogen-bond donors (Lipinski definition) is 1. The summed E-state index contributed by atoms with van der Waals surface area (Å²) in [4.78, 5) is 14.5. The van der Waals surface area contributed by atoms with E-state index in [0.29, 0.717) is 13.1 Å². The van der Waals surface area contributed by atoms with E-state index in [-0.39, 0.29) is 12.2 Å². The van der Waals surface area contributed by atoms with Crippen molar-refractivity contribution in [2.75, 3.05) is 20.1 Å². The van der Waals surface area contributed by atoms with Crippen molar-refractivity contribution in [3.63, 3.8) is 0 Å². The molecule has 0 bridgehead atoms. The van der Waals surface area contributed by atoms with E-state index in [4.69, 9.17) is 5.73 Å². The van der Waals surface area contributed by atoms with Crippen LogP contribution in [-0.4, -0.2) is 42.1 Å². The van der Waals surface area contributed by atoms with Crippen LogP contribution in [-0.2, 0) is 4.79 Å². The van der Waals surface area contributed by atoms with Crippen molar-refractivity contribution in [3.05, 3.63) is 0 Å². The van der Waals surface area contributed by atoms with Gasteiger partial charge in [0.15, 0.2) is 0 Å². The van der Waals surface area contributed by atoms with E-state index >= 15 is 0 Å². The standard InChI is InChI=1S/C6H13N3O/c1-3-9-5(10)4-8(2)6(9)7/h6H,3-4,7H2,1-2H3. The highest BCUT2D eigenvalue weighted by Crippen LogP contribution is 2.07. The maximum Gasteiger partial charge on any atom is 0.239 e. The Labute approximate surface area is 60.6 Å². The molecular weight excluding hydrogens is 130 g/mol. The number of hydrogen-bond acceptors (Lipinski definition) is 3. The third-order valence-corrected chi connectivity index (χ3v) is 1.82. The van der Waals surface area contributed by atoms with E-state index in [1.54, 1.807) is 4.90 Å². The van der Waals surface area contributed by atoms with Crippen LogP contribution in [0.3, 0.4) is 0 Å². The molecule has 1 fully saturated rings. The van der Waals surface area contributed by atoms with Gasteiger partial charge in [0.05, 0.1) is 6.54 Å². The number of nitrogens with two attached hydrogens (primary N) is 1. The van der Waals surface area contributed by atoms with Crippen LogP contribution in [0.25, 0.3) is 0 Å². The summed E-state index contributed by atoms with van der Waals surface area (Å²) in [5, 5.41) is 0. The lowest BCUT2D eigenvalue weighted by atomic mass is 10.5. The molecule has 1 atom stereocenters. The molecule has 1 saturated heterocycles. The van der Waals surface area contributed by atoms with Crippen LogP contribution in [0.15, 0.2) is 0 Å². The van der Waals surface area contributed by atoms with Crippen molar-refractivity contribution in [1.29, 1.82) is 0 Å². The molecule has 0 aliphatic carbocycles. The average molecular weight is 143 g/mol.